The number of carbonyl (C=O) groups excluding carboxylic acids is 1. The second kappa shape index (κ2) is 4.56. The second-order valence-corrected chi connectivity index (χ2v) is 6.33. The zero-order valence-electron chi connectivity index (χ0n) is 11.0. The monoisotopic (exact) mass is 282 g/mol. The highest BCUT2D eigenvalue weighted by molar-refractivity contribution is 7.14. The third kappa shape index (κ3) is 1.79. The fraction of sp³-hybridized carbons (Fsp3) is 0.250. The van der Waals surface area contributed by atoms with E-state index in [2.05, 4.69) is 16.0 Å². The summed E-state index contributed by atoms with van der Waals surface area (Å²) in [7, 11) is 0. The number of hydrogen-bond donors (Lipinski definition) is 1. The van der Waals surface area contributed by atoms with Crippen molar-refractivity contribution in [2.45, 2.75) is 25.7 Å². The van der Waals surface area contributed by atoms with Crippen LogP contribution in [0.3, 0.4) is 0 Å². The summed E-state index contributed by atoms with van der Waals surface area (Å²) < 4.78 is 0. The van der Waals surface area contributed by atoms with Crippen LogP contribution in [0.2, 0.25) is 0 Å². The van der Waals surface area contributed by atoms with E-state index in [1.807, 2.05) is 12.1 Å². The molecule has 3 aromatic rings. The SMILES string of the molecule is O=C(c1cc2c(s1)CCCC2)c1c[nH]c2ncccc12. The fourth-order valence-corrected chi connectivity index (χ4v) is 4.09. The summed E-state index contributed by atoms with van der Waals surface area (Å²) in [6, 6.07) is 5.91. The van der Waals surface area contributed by atoms with Gasteiger partial charge in [0.2, 0.25) is 5.78 Å². The zero-order chi connectivity index (χ0) is 13.5. The molecule has 0 amide bonds. The zero-order valence-corrected chi connectivity index (χ0v) is 11.8. The number of aryl methyl sites for hydroxylation is 2. The minimum atomic E-state index is 0.114. The molecule has 0 fully saturated rings. The van der Waals surface area contributed by atoms with Gasteiger partial charge >= 0.3 is 0 Å². The van der Waals surface area contributed by atoms with Gasteiger partial charge in [-0.05, 0) is 49.4 Å². The van der Waals surface area contributed by atoms with Gasteiger partial charge in [0.25, 0.3) is 0 Å². The van der Waals surface area contributed by atoms with E-state index in [0.717, 1.165) is 34.3 Å². The van der Waals surface area contributed by atoms with E-state index in [1.165, 1.54) is 23.3 Å². The first-order valence-corrected chi connectivity index (χ1v) is 7.73. The Morgan fingerprint density at radius 2 is 2.20 bits per heavy atom. The first kappa shape index (κ1) is 11.9. The van der Waals surface area contributed by atoms with Gasteiger partial charge in [-0.2, -0.15) is 0 Å². The molecule has 0 atom stereocenters. The number of thiophene rings is 1. The van der Waals surface area contributed by atoms with E-state index >= 15 is 0 Å². The Balaban J connectivity index is 1.78. The number of nitrogens with one attached hydrogen (secondary N) is 1. The number of rotatable bonds is 2. The molecule has 20 heavy (non-hydrogen) atoms. The van der Waals surface area contributed by atoms with Gasteiger partial charge in [0.05, 0.1) is 10.4 Å². The van der Waals surface area contributed by atoms with Crippen molar-refractivity contribution in [3.05, 3.63) is 51.5 Å². The van der Waals surface area contributed by atoms with Crippen LogP contribution >= 0.6 is 11.3 Å². The standard InChI is InChI=1S/C16H14N2OS/c19-15(12-9-18-16-11(12)5-3-7-17-16)14-8-10-4-1-2-6-13(10)20-14/h3,5,7-9H,1-2,4,6H2,(H,17,18). The maximum absolute atomic E-state index is 12.7. The first-order chi connectivity index (χ1) is 9.83. The van der Waals surface area contributed by atoms with Crippen LogP contribution in [-0.2, 0) is 12.8 Å². The molecule has 1 N–H and O–H groups in total. The molecule has 1 aliphatic rings. The van der Waals surface area contributed by atoms with Gasteiger partial charge in [0.15, 0.2) is 0 Å². The number of pyridine rings is 1. The predicted octanol–water partition coefficient (Wildman–Crippen LogP) is 3.73. The Kier molecular flexibility index (Phi) is 2.70. The molecule has 0 saturated heterocycles. The van der Waals surface area contributed by atoms with Gasteiger partial charge in [-0.1, -0.05) is 0 Å². The van der Waals surface area contributed by atoms with Crippen molar-refractivity contribution >= 4 is 28.2 Å². The lowest BCUT2D eigenvalue weighted by Crippen LogP contribution is -1.97. The van der Waals surface area contributed by atoms with E-state index in [1.54, 1.807) is 23.7 Å². The lowest BCUT2D eigenvalue weighted by molar-refractivity contribution is 0.104. The van der Waals surface area contributed by atoms with Crippen LogP contribution in [0.15, 0.2) is 30.6 Å². The van der Waals surface area contributed by atoms with Gasteiger partial charge in [0, 0.05) is 22.7 Å². The van der Waals surface area contributed by atoms with E-state index in [0.29, 0.717) is 0 Å². The summed E-state index contributed by atoms with van der Waals surface area (Å²) in [5.41, 5.74) is 2.88. The first-order valence-electron chi connectivity index (χ1n) is 6.91. The van der Waals surface area contributed by atoms with Gasteiger partial charge in [-0.25, -0.2) is 4.98 Å². The van der Waals surface area contributed by atoms with Crippen LogP contribution in [0.1, 0.15) is 38.5 Å². The Hall–Kier alpha value is -1.94. The van der Waals surface area contributed by atoms with E-state index in [9.17, 15) is 4.79 Å². The summed E-state index contributed by atoms with van der Waals surface area (Å²) in [6.45, 7) is 0. The Morgan fingerprint density at radius 3 is 3.10 bits per heavy atom. The minimum absolute atomic E-state index is 0.114. The summed E-state index contributed by atoms with van der Waals surface area (Å²) in [5, 5.41) is 0.906. The van der Waals surface area contributed by atoms with E-state index in [-0.39, 0.29) is 5.78 Å². The largest absolute Gasteiger partial charge is 0.345 e. The highest BCUT2D eigenvalue weighted by Gasteiger charge is 2.20. The molecular formula is C16H14N2OS. The van der Waals surface area contributed by atoms with Crippen molar-refractivity contribution in [1.29, 1.82) is 0 Å². The van der Waals surface area contributed by atoms with Crippen LogP contribution < -0.4 is 0 Å². The Bertz CT molecular complexity index is 776. The lowest BCUT2D eigenvalue weighted by Gasteiger charge is -2.08. The van der Waals surface area contributed by atoms with Crippen molar-refractivity contribution in [1.82, 2.24) is 9.97 Å². The predicted molar refractivity (Wildman–Crippen MR) is 80.5 cm³/mol. The fourth-order valence-electron chi connectivity index (χ4n) is 2.88. The van der Waals surface area contributed by atoms with E-state index < -0.39 is 0 Å². The number of aromatic nitrogens is 2. The molecule has 0 aliphatic heterocycles. The average Bonchev–Trinajstić information content (AvgIpc) is 3.10. The van der Waals surface area contributed by atoms with Crippen molar-refractivity contribution in [3.8, 4) is 0 Å². The van der Waals surface area contributed by atoms with Crippen molar-refractivity contribution in [2.75, 3.05) is 0 Å². The molecule has 0 spiro atoms. The van der Waals surface area contributed by atoms with Crippen LogP contribution in [-0.4, -0.2) is 15.8 Å². The smallest absolute Gasteiger partial charge is 0.205 e. The maximum atomic E-state index is 12.7. The number of H-pyrrole nitrogens is 1. The topological polar surface area (TPSA) is 45.8 Å². The van der Waals surface area contributed by atoms with Crippen molar-refractivity contribution < 1.29 is 4.79 Å². The van der Waals surface area contributed by atoms with Gasteiger partial charge < -0.3 is 4.98 Å². The molecule has 4 heteroatoms. The highest BCUT2D eigenvalue weighted by atomic mass is 32.1. The summed E-state index contributed by atoms with van der Waals surface area (Å²) in [6.07, 6.45) is 8.25. The third-order valence-electron chi connectivity index (χ3n) is 3.92. The molecule has 3 aromatic heterocycles. The van der Waals surface area contributed by atoms with Crippen LogP contribution in [0.4, 0.5) is 0 Å². The van der Waals surface area contributed by atoms with Gasteiger partial charge in [-0.15, -0.1) is 11.3 Å². The molecular weight excluding hydrogens is 268 g/mol. The maximum Gasteiger partial charge on any atom is 0.205 e. The lowest BCUT2D eigenvalue weighted by atomic mass is 9.98. The number of fused-ring (bicyclic) bond motifs is 2. The molecule has 4 rings (SSSR count). The third-order valence-corrected chi connectivity index (χ3v) is 5.15. The molecule has 0 aromatic carbocycles. The average molecular weight is 282 g/mol. The quantitative estimate of drug-likeness (QED) is 0.728. The second-order valence-electron chi connectivity index (χ2n) is 5.20. The van der Waals surface area contributed by atoms with Crippen LogP contribution in [0, 0.1) is 0 Å². The number of ketones is 1. The molecule has 3 nitrogen and oxygen atoms in total. The summed E-state index contributed by atoms with van der Waals surface area (Å²) in [5.74, 6) is 0.114. The van der Waals surface area contributed by atoms with Crippen LogP contribution in [0.25, 0.3) is 11.0 Å². The Labute approximate surface area is 120 Å². The molecule has 100 valence electrons. The number of aromatic amines is 1. The normalized spacial score (nSPS) is 14.4. The van der Waals surface area contributed by atoms with Gasteiger partial charge in [0.1, 0.15) is 5.65 Å². The molecule has 0 radical (unpaired) electrons. The summed E-state index contributed by atoms with van der Waals surface area (Å²) in [4.78, 5) is 22.3. The van der Waals surface area contributed by atoms with Crippen molar-refractivity contribution in [3.63, 3.8) is 0 Å². The van der Waals surface area contributed by atoms with Gasteiger partial charge in [-0.3, -0.25) is 4.79 Å². The molecule has 0 unspecified atom stereocenters. The minimum Gasteiger partial charge on any atom is -0.345 e. The van der Waals surface area contributed by atoms with E-state index in [4.69, 9.17) is 0 Å². The molecule has 0 bridgehead atoms. The molecule has 3 heterocycles. The highest BCUT2D eigenvalue weighted by Crippen LogP contribution is 2.31. The number of carbonyl (C=O) groups is 1. The van der Waals surface area contributed by atoms with Crippen molar-refractivity contribution in [2.24, 2.45) is 0 Å². The molecule has 1 aliphatic carbocycles. The number of hydrogen-bond acceptors (Lipinski definition) is 3. The summed E-state index contributed by atoms with van der Waals surface area (Å²) >= 11 is 1.67. The Morgan fingerprint density at radius 1 is 1.30 bits per heavy atom. The molecule has 0 saturated carbocycles. The van der Waals surface area contributed by atoms with Crippen LogP contribution in [0.5, 0.6) is 0 Å². The number of nitrogens with zero attached hydrogens (tertiary/aromatic N) is 1.